The van der Waals surface area contributed by atoms with Gasteiger partial charge in [0.25, 0.3) is 0 Å². The summed E-state index contributed by atoms with van der Waals surface area (Å²) in [6.07, 6.45) is 7.14. The van der Waals surface area contributed by atoms with E-state index in [1.165, 1.54) is 12.1 Å². The molecule has 0 aliphatic rings. The highest BCUT2D eigenvalue weighted by atomic mass is 19.1. The number of imidazole rings is 1. The molecule has 6 rings (SSSR count). The second-order valence-electron chi connectivity index (χ2n) is 11.3. The van der Waals surface area contributed by atoms with Crippen LogP contribution in [0.3, 0.4) is 0 Å². The topological polar surface area (TPSA) is 138 Å². The molecule has 0 fully saturated rings. The molecule has 3 N–H and O–H groups in total. The van der Waals surface area contributed by atoms with E-state index in [0.717, 1.165) is 22.0 Å². The molecular formula is C32H32FN9O2. The second-order valence-corrected chi connectivity index (χ2v) is 11.3. The van der Waals surface area contributed by atoms with Crippen molar-refractivity contribution in [1.82, 2.24) is 40.0 Å². The lowest BCUT2D eigenvalue weighted by Gasteiger charge is -2.12. The number of hydrogen-bond acceptors (Lipinski definition) is 8. The van der Waals surface area contributed by atoms with Crippen molar-refractivity contribution < 1.29 is 13.9 Å². The first-order valence-electron chi connectivity index (χ1n) is 14.3. The molecule has 0 spiro atoms. The normalized spacial score (nSPS) is 11.6. The van der Waals surface area contributed by atoms with Gasteiger partial charge in [-0.15, -0.1) is 0 Å². The van der Waals surface area contributed by atoms with Gasteiger partial charge in [-0.3, -0.25) is 19.9 Å². The van der Waals surface area contributed by atoms with Crippen LogP contribution in [0.1, 0.15) is 20.3 Å². The smallest absolute Gasteiger partial charge is 0.224 e. The summed E-state index contributed by atoms with van der Waals surface area (Å²) in [5, 5.41) is 11.1. The van der Waals surface area contributed by atoms with E-state index in [1.807, 2.05) is 51.0 Å². The summed E-state index contributed by atoms with van der Waals surface area (Å²) >= 11 is 0. The summed E-state index contributed by atoms with van der Waals surface area (Å²) in [4.78, 5) is 35.9. The van der Waals surface area contributed by atoms with Crippen molar-refractivity contribution in [2.45, 2.75) is 20.3 Å². The number of rotatable bonds is 10. The van der Waals surface area contributed by atoms with Crippen molar-refractivity contribution in [3.05, 3.63) is 67.0 Å². The van der Waals surface area contributed by atoms with Crippen molar-refractivity contribution in [2.75, 3.05) is 32.6 Å². The molecule has 1 amide bonds. The Kier molecular flexibility index (Phi) is 7.99. The molecule has 11 nitrogen and oxygen atoms in total. The van der Waals surface area contributed by atoms with Gasteiger partial charge in [0, 0.05) is 54.3 Å². The summed E-state index contributed by atoms with van der Waals surface area (Å²) in [6, 6.07) is 10.2. The van der Waals surface area contributed by atoms with Crippen LogP contribution in [0.2, 0.25) is 0 Å². The van der Waals surface area contributed by atoms with E-state index in [2.05, 4.69) is 35.5 Å². The number of halogens is 1. The molecule has 6 aromatic rings. The fourth-order valence-electron chi connectivity index (χ4n) is 4.88. The lowest BCUT2D eigenvalue weighted by molar-refractivity contribution is -0.116. The third-order valence-corrected chi connectivity index (χ3v) is 6.94. The minimum absolute atomic E-state index is 0.0605. The van der Waals surface area contributed by atoms with Crippen LogP contribution in [-0.2, 0) is 4.79 Å². The number of carbonyl (C=O) groups is 1. The number of nitrogens with zero attached hydrogens (tertiary/aromatic N) is 6. The van der Waals surface area contributed by atoms with Crippen LogP contribution in [-0.4, -0.2) is 73.2 Å². The predicted molar refractivity (Wildman–Crippen MR) is 168 cm³/mol. The average molecular weight is 594 g/mol. The summed E-state index contributed by atoms with van der Waals surface area (Å²) in [5.74, 6) is 0.694. The number of carbonyl (C=O) groups excluding carboxylic acids is 1. The first-order chi connectivity index (χ1) is 21.2. The van der Waals surface area contributed by atoms with Gasteiger partial charge in [-0.25, -0.2) is 14.4 Å². The highest BCUT2D eigenvalue weighted by Gasteiger charge is 2.18. The first kappa shape index (κ1) is 28.9. The number of aromatic amines is 2. The minimum atomic E-state index is -0.424. The zero-order valence-corrected chi connectivity index (χ0v) is 24.8. The van der Waals surface area contributed by atoms with Crippen molar-refractivity contribution >= 4 is 33.7 Å². The number of hydrogen-bond donors (Lipinski definition) is 3. The van der Waals surface area contributed by atoms with E-state index < -0.39 is 5.82 Å². The lowest BCUT2D eigenvalue weighted by atomic mass is 10.1. The van der Waals surface area contributed by atoms with E-state index >= 15 is 0 Å². The van der Waals surface area contributed by atoms with E-state index in [4.69, 9.17) is 9.72 Å². The summed E-state index contributed by atoms with van der Waals surface area (Å²) in [7, 11) is 3.90. The molecule has 1 aromatic carbocycles. The maximum absolute atomic E-state index is 14.6. The molecule has 0 aliphatic carbocycles. The fraction of sp³-hybridized carbons (Fsp3) is 0.250. The van der Waals surface area contributed by atoms with Gasteiger partial charge in [0.05, 0.1) is 28.5 Å². The van der Waals surface area contributed by atoms with Crippen molar-refractivity contribution in [1.29, 1.82) is 0 Å². The third kappa shape index (κ3) is 6.25. The number of pyridine rings is 3. The Bertz CT molecular complexity index is 1960. The van der Waals surface area contributed by atoms with Gasteiger partial charge in [0.1, 0.15) is 29.4 Å². The zero-order chi connectivity index (χ0) is 30.8. The minimum Gasteiger partial charge on any atom is -0.492 e. The Balaban J connectivity index is 1.33. The van der Waals surface area contributed by atoms with Crippen LogP contribution >= 0.6 is 0 Å². The van der Waals surface area contributed by atoms with Crippen LogP contribution in [0, 0.1) is 11.7 Å². The maximum atomic E-state index is 14.6. The van der Waals surface area contributed by atoms with Crippen LogP contribution in [0.15, 0.2) is 61.2 Å². The SMILES string of the molecule is CC(C)CC(=O)Nc1cncc(-c2cnc3[nH]nc(-c4nc5c(-c6cc(F)cc(OCCN(C)C)c6)nccc5[nH]4)c3c2)c1. The molecule has 0 radical (unpaired) electrons. The van der Waals surface area contributed by atoms with Gasteiger partial charge in [0.2, 0.25) is 5.91 Å². The van der Waals surface area contributed by atoms with Gasteiger partial charge in [0.15, 0.2) is 11.5 Å². The molecule has 224 valence electrons. The average Bonchev–Trinajstić information content (AvgIpc) is 3.60. The van der Waals surface area contributed by atoms with Gasteiger partial charge >= 0.3 is 0 Å². The molecule has 0 bridgehead atoms. The Morgan fingerprint density at radius 3 is 2.68 bits per heavy atom. The van der Waals surface area contributed by atoms with Crippen LogP contribution in [0.5, 0.6) is 5.75 Å². The standard InChI is InChI=1S/C32H32FN9O2/c1-18(2)9-27(43)37-23-11-20(15-34-17-23)21-13-25-29(40-41-31(25)36-16-21)32-38-26-5-6-35-28(30(26)39-32)19-10-22(33)14-24(12-19)44-8-7-42(3)4/h5-6,10-18H,7-9H2,1-4H3,(H,37,43)(H,38,39)(H,36,40,41). The van der Waals surface area contributed by atoms with Crippen molar-refractivity contribution in [3.8, 4) is 39.7 Å². The van der Waals surface area contributed by atoms with Crippen LogP contribution in [0.4, 0.5) is 10.1 Å². The number of ether oxygens (including phenoxy) is 1. The molecule has 0 atom stereocenters. The number of H-pyrrole nitrogens is 2. The predicted octanol–water partition coefficient (Wildman–Crippen LogP) is 5.69. The van der Waals surface area contributed by atoms with E-state index in [-0.39, 0.29) is 11.8 Å². The Morgan fingerprint density at radius 1 is 1.02 bits per heavy atom. The number of nitrogens with one attached hydrogen (secondary N) is 3. The third-order valence-electron chi connectivity index (χ3n) is 6.94. The molecule has 12 heteroatoms. The molecule has 5 aromatic heterocycles. The quantitative estimate of drug-likeness (QED) is 0.184. The number of likely N-dealkylation sites (N-methyl/N-ethyl adjacent to an activating group) is 1. The summed E-state index contributed by atoms with van der Waals surface area (Å²) < 4.78 is 20.4. The monoisotopic (exact) mass is 593 g/mol. The largest absolute Gasteiger partial charge is 0.492 e. The maximum Gasteiger partial charge on any atom is 0.224 e. The number of anilines is 1. The van der Waals surface area contributed by atoms with Crippen molar-refractivity contribution in [2.24, 2.45) is 5.92 Å². The number of aromatic nitrogens is 7. The van der Waals surface area contributed by atoms with Crippen molar-refractivity contribution in [3.63, 3.8) is 0 Å². The lowest BCUT2D eigenvalue weighted by Crippen LogP contribution is -2.19. The number of benzene rings is 1. The van der Waals surface area contributed by atoms with Crippen LogP contribution in [0.25, 0.3) is 56.0 Å². The Hall–Kier alpha value is -5.23. The van der Waals surface area contributed by atoms with Gasteiger partial charge in [-0.05, 0) is 50.3 Å². The van der Waals surface area contributed by atoms with Crippen LogP contribution < -0.4 is 10.1 Å². The van der Waals surface area contributed by atoms with E-state index in [0.29, 0.717) is 64.9 Å². The molecular weight excluding hydrogens is 561 g/mol. The number of amides is 1. The first-order valence-corrected chi connectivity index (χ1v) is 14.3. The highest BCUT2D eigenvalue weighted by Crippen LogP contribution is 2.33. The molecule has 0 saturated carbocycles. The molecule has 0 aliphatic heterocycles. The molecule has 5 heterocycles. The van der Waals surface area contributed by atoms with E-state index in [9.17, 15) is 9.18 Å². The summed E-state index contributed by atoms with van der Waals surface area (Å²) in [5.41, 5.74) is 5.72. The van der Waals surface area contributed by atoms with E-state index in [1.54, 1.807) is 30.9 Å². The van der Waals surface area contributed by atoms with Gasteiger partial charge in [-0.1, -0.05) is 13.8 Å². The second kappa shape index (κ2) is 12.2. The highest BCUT2D eigenvalue weighted by molar-refractivity contribution is 5.96. The Labute approximate surface area is 252 Å². The fourth-order valence-corrected chi connectivity index (χ4v) is 4.88. The van der Waals surface area contributed by atoms with Gasteiger partial charge < -0.3 is 19.9 Å². The molecule has 44 heavy (non-hydrogen) atoms. The molecule has 0 saturated heterocycles. The van der Waals surface area contributed by atoms with Gasteiger partial charge in [-0.2, -0.15) is 5.10 Å². The molecule has 0 unspecified atom stereocenters. The number of fused-ring (bicyclic) bond motifs is 2. The zero-order valence-electron chi connectivity index (χ0n) is 24.8. The Morgan fingerprint density at radius 2 is 1.86 bits per heavy atom. The summed E-state index contributed by atoms with van der Waals surface area (Å²) in [6.45, 7) is 5.12.